The standard InChI is InChI=1S/C14H21N3O3/c1-5-14(3,20-4)13(18)16-11-8-10(12(15)17-19)7-6-9(11)2/h6-8,19H,5H2,1-4H3,(H2,15,17)(H,16,18). The van der Waals surface area contributed by atoms with Gasteiger partial charge in [-0.15, -0.1) is 0 Å². The molecule has 0 saturated carbocycles. The number of ether oxygens (including phenoxy) is 1. The zero-order chi connectivity index (χ0) is 15.3. The number of carbonyl (C=O) groups excluding carboxylic acids is 1. The number of aryl methyl sites for hydroxylation is 1. The summed E-state index contributed by atoms with van der Waals surface area (Å²) in [5.41, 5.74) is 6.67. The molecular weight excluding hydrogens is 258 g/mol. The molecule has 1 amide bonds. The fraction of sp³-hybridized carbons (Fsp3) is 0.429. The number of hydrogen-bond acceptors (Lipinski definition) is 4. The van der Waals surface area contributed by atoms with Gasteiger partial charge in [0.1, 0.15) is 5.60 Å². The molecule has 1 atom stereocenters. The maximum absolute atomic E-state index is 12.3. The molecule has 6 nitrogen and oxygen atoms in total. The lowest BCUT2D eigenvalue weighted by Crippen LogP contribution is -2.41. The van der Waals surface area contributed by atoms with E-state index in [9.17, 15) is 4.79 Å². The molecule has 1 unspecified atom stereocenters. The summed E-state index contributed by atoms with van der Waals surface area (Å²) in [6, 6.07) is 5.17. The van der Waals surface area contributed by atoms with Crippen LogP contribution >= 0.6 is 0 Å². The SMILES string of the molecule is CCC(C)(OC)C(=O)Nc1cc(/C(N)=N/O)ccc1C. The van der Waals surface area contributed by atoms with Crippen molar-refractivity contribution < 1.29 is 14.7 Å². The Morgan fingerprint density at radius 2 is 2.20 bits per heavy atom. The van der Waals surface area contributed by atoms with Crippen molar-refractivity contribution in [3.63, 3.8) is 0 Å². The van der Waals surface area contributed by atoms with Crippen molar-refractivity contribution >= 4 is 17.4 Å². The lowest BCUT2D eigenvalue weighted by atomic mass is 10.0. The molecule has 0 fully saturated rings. The van der Waals surface area contributed by atoms with Gasteiger partial charge in [0, 0.05) is 18.4 Å². The highest BCUT2D eigenvalue weighted by Gasteiger charge is 2.31. The van der Waals surface area contributed by atoms with E-state index in [-0.39, 0.29) is 11.7 Å². The highest BCUT2D eigenvalue weighted by molar-refractivity contribution is 6.01. The first-order chi connectivity index (χ1) is 9.37. The van der Waals surface area contributed by atoms with Gasteiger partial charge in [-0.3, -0.25) is 4.79 Å². The first kappa shape index (κ1) is 16.0. The summed E-state index contributed by atoms with van der Waals surface area (Å²) in [6.07, 6.45) is 0.550. The van der Waals surface area contributed by atoms with E-state index in [1.165, 1.54) is 7.11 Å². The second-order valence-corrected chi connectivity index (χ2v) is 4.76. The second kappa shape index (κ2) is 6.38. The van der Waals surface area contributed by atoms with Crippen molar-refractivity contribution in [2.75, 3.05) is 12.4 Å². The molecule has 0 saturated heterocycles. The number of oxime groups is 1. The quantitative estimate of drug-likeness (QED) is 0.331. The van der Waals surface area contributed by atoms with E-state index in [0.29, 0.717) is 17.7 Å². The van der Waals surface area contributed by atoms with E-state index in [1.807, 2.05) is 13.8 Å². The van der Waals surface area contributed by atoms with Crippen LogP contribution in [0.1, 0.15) is 31.4 Å². The topological polar surface area (TPSA) is 96.9 Å². The molecule has 0 aliphatic heterocycles. The molecule has 4 N–H and O–H groups in total. The largest absolute Gasteiger partial charge is 0.409 e. The molecular formula is C14H21N3O3. The number of nitrogens with two attached hydrogens (primary N) is 1. The maximum atomic E-state index is 12.3. The lowest BCUT2D eigenvalue weighted by Gasteiger charge is -2.25. The molecule has 0 bridgehead atoms. The zero-order valence-electron chi connectivity index (χ0n) is 12.2. The van der Waals surface area contributed by atoms with Crippen LogP contribution in [0.15, 0.2) is 23.4 Å². The minimum atomic E-state index is -0.890. The van der Waals surface area contributed by atoms with E-state index in [4.69, 9.17) is 15.7 Å². The summed E-state index contributed by atoms with van der Waals surface area (Å²) in [5.74, 6) is -0.243. The van der Waals surface area contributed by atoms with E-state index in [1.54, 1.807) is 25.1 Å². The van der Waals surface area contributed by atoms with Gasteiger partial charge in [-0.1, -0.05) is 24.2 Å². The number of amidine groups is 1. The van der Waals surface area contributed by atoms with E-state index >= 15 is 0 Å². The Bertz CT molecular complexity index is 522. The van der Waals surface area contributed by atoms with E-state index in [2.05, 4.69) is 10.5 Å². The minimum absolute atomic E-state index is 0.00880. The summed E-state index contributed by atoms with van der Waals surface area (Å²) < 4.78 is 5.26. The Morgan fingerprint density at radius 1 is 1.55 bits per heavy atom. The summed E-state index contributed by atoms with van der Waals surface area (Å²) >= 11 is 0. The third-order valence-electron chi connectivity index (χ3n) is 3.49. The molecule has 0 aliphatic rings. The molecule has 1 rings (SSSR count). The van der Waals surface area contributed by atoms with Gasteiger partial charge in [-0.25, -0.2) is 0 Å². The number of hydrogen-bond donors (Lipinski definition) is 3. The van der Waals surface area contributed by atoms with Crippen molar-refractivity contribution in [1.82, 2.24) is 0 Å². The summed E-state index contributed by atoms with van der Waals surface area (Å²) in [6.45, 7) is 5.47. The predicted octanol–water partition coefficient (Wildman–Crippen LogP) is 1.84. The van der Waals surface area contributed by atoms with E-state index < -0.39 is 5.60 Å². The fourth-order valence-corrected chi connectivity index (χ4v) is 1.63. The van der Waals surface area contributed by atoms with Crippen molar-refractivity contribution in [3.8, 4) is 0 Å². The van der Waals surface area contributed by atoms with Gasteiger partial charge in [0.15, 0.2) is 5.84 Å². The van der Waals surface area contributed by atoms with Crippen LogP contribution in [-0.4, -0.2) is 29.7 Å². The first-order valence-corrected chi connectivity index (χ1v) is 6.33. The number of carbonyl (C=O) groups is 1. The molecule has 0 aliphatic carbocycles. The van der Waals surface area contributed by atoms with Crippen LogP contribution in [0.5, 0.6) is 0 Å². The summed E-state index contributed by atoms with van der Waals surface area (Å²) in [4.78, 5) is 12.3. The Kier molecular flexibility index (Phi) is 5.10. The molecule has 6 heteroatoms. The molecule has 1 aromatic rings. The monoisotopic (exact) mass is 279 g/mol. The van der Waals surface area contributed by atoms with Gasteiger partial charge in [0.05, 0.1) is 0 Å². The number of rotatable bonds is 5. The van der Waals surface area contributed by atoms with Gasteiger partial charge in [-0.05, 0) is 31.9 Å². The fourth-order valence-electron chi connectivity index (χ4n) is 1.63. The maximum Gasteiger partial charge on any atom is 0.256 e. The molecule has 0 radical (unpaired) electrons. The van der Waals surface area contributed by atoms with Crippen LogP contribution in [0, 0.1) is 6.92 Å². The van der Waals surface area contributed by atoms with E-state index in [0.717, 1.165) is 5.56 Å². The lowest BCUT2D eigenvalue weighted by molar-refractivity contribution is -0.136. The average Bonchev–Trinajstić information content (AvgIpc) is 2.47. The Morgan fingerprint density at radius 3 is 2.70 bits per heavy atom. The molecule has 1 aromatic carbocycles. The van der Waals surface area contributed by atoms with Crippen LogP contribution in [-0.2, 0) is 9.53 Å². The molecule has 0 aromatic heterocycles. The number of nitrogens with zero attached hydrogens (tertiary/aromatic N) is 1. The number of anilines is 1. The van der Waals surface area contributed by atoms with Crippen LogP contribution in [0.25, 0.3) is 0 Å². The van der Waals surface area contributed by atoms with Crippen LogP contribution < -0.4 is 11.1 Å². The number of amides is 1. The summed E-state index contributed by atoms with van der Waals surface area (Å²) in [5, 5.41) is 14.5. The summed E-state index contributed by atoms with van der Waals surface area (Å²) in [7, 11) is 1.50. The smallest absolute Gasteiger partial charge is 0.256 e. The first-order valence-electron chi connectivity index (χ1n) is 6.33. The Balaban J connectivity index is 3.06. The van der Waals surface area contributed by atoms with Crippen molar-refractivity contribution in [2.45, 2.75) is 32.8 Å². The van der Waals surface area contributed by atoms with Crippen LogP contribution in [0.4, 0.5) is 5.69 Å². The van der Waals surface area contributed by atoms with Gasteiger partial charge in [0.25, 0.3) is 5.91 Å². The molecule has 20 heavy (non-hydrogen) atoms. The average molecular weight is 279 g/mol. The second-order valence-electron chi connectivity index (χ2n) is 4.76. The third-order valence-corrected chi connectivity index (χ3v) is 3.49. The molecule has 0 heterocycles. The highest BCUT2D eigenvalue weighted by atomic mass is 16.5. The normalized spacial score (nSPS) is 14.7. The number of benzene rings is 1. The van der Waals surface area contributed by atoms with Gasteiger partial charge < -0.3 is 21.0 Å². The van der Waals surface area contributed by atoms with Crippen molar-refractivity contribution in [3.05, 3.63) is 29.3 Å². The van der Waals surface area contributed by atoms with Crippen molar-refractivity contribution in [2.24, 2.45) is 10.9 Å². The van der Waals surface area contributed by atoms with Crippen molar-refractivity contribution in [1.29, 1.82) is 0 Å². The minimum Gasteiger partial charge on any atom is -0.409 e. The van der Waals surface area contributed by atoms with Gasteiger partial charge >= 0.3 is 0 Å². The number of nitrogens with one attached hydrogen (secondary N) is 1. The Hall–Kier alpha value is -2.08. The van der Waals surface area contributed by atoms with Crippen LogP contribution in [0.3, 0.4) is 0 Å². The number of methoxy groups -OCH3 is 1. The molecule has 0 spiro atoms. The van der Waals surface area contributed by atoms with Gasteiger partial charge in [-0.2, -0.15) is 0 Å². The third kappa shape index (κ3) is 3.27. The zero-order valence-corrected chi connectivity index (χ0v) is 12.2. The molecule has 110 valence electrons. The Labute approximate surface area is 118 Å². The predicted molar refractivity (Wildman–Crippen MR) is 78.0 cm³/mol. The van der Waals surface area contributed by atoms with Crippen LogP contribution in [0.2, 0.25) is 0 Å². The van der Waals surface area contributed by atoms with Gasteiger partial charge in [0.2, 0.25) is 0 Å². The highest BCUT2D eigenvalue weighted by Crippen LogP contribution is 2.21.